The van der Waals surface area contributed by atoms with Crippen LogP contribution in [0.2, 0.25) is 0 Å². The summed E-state index contributed by atoms with van der Waals surface area (Å²) >= 11 is 0. The summed E-state index contributed by atoms with van der Waals surface area (Å²) in [5.41, 5.74) is 11.0. The Morgan fingerprint density at radius 2 is 1.45 bits per heavy atom. The number of carbonyl (C=O) groups excluding carboxylic acids is 4. The van der Waals surface area contributed by atoms with E-state index in [1.54, 1.807) is 0 Å². The van der Waals surface area contributed by atoms with E-state index in [0.717, 1.165) is 0 Å². The van der Waals surface area contributed by atoms with Crippen molar-refractivity contribution >= 4 is 29.6 Å². The average molecular weight is 467 g/mol. The highest BCUT2D eigenvalue weighted by molar-refractivity contribution is 5.95. The molecule has 0 saturated heterocycles. The van der Waals surface area contributed by atoms with Crippen molar-refractivity contribution in [3.05, 3.63) is 29.8 Å². The number of hydrogen-bond acceptors (Lipinski definition) is 8. The number of phenolic OH excluding ortho intramolecular Hbond substituents is 1. The fourth-order valence-corrected chi connectivity index (χ4v) is 2.70. The molecule has 1 aromatic rings. The molecular formula is C20H29N5O8. The molecule has 33 heavy (non-hydrogen) atoms. The van der Waals surface area contributed by atoms with Crippen LogP contribution in [0.15, 0.2) is 24.3 Å². The van der Waals surface area contributed by atoms with Crippen molar-refractivity contribution in [1.82, 2.24) is 16.0 Å². The summed E-state index contributed by atoms with van der Waals surface area (Å²) in [5, 5.41) is 35.4. The van der Waals surface area contributed by atoms with Crippen molar-refractivity contribution in [3.8, 4) is 5.75 Å². The van der Waals surface area contributed by atoms with Crippen LogP contribution in [-0.2, 0) is 30.4 Å². The maximum absolute atomic E-state index is 12.8. The lowest BCUT2D eigenvalue weighted by molar-refractivity contribution is -0.143. The SMILES string of the molecule is CC(N)C(=O)NC(C(=O)NC(Cc1ccc(O)cc1)C(=O)NC(CC(N)=O)C(=O)O)C(C)O. The van der Waals surface area contributed by atoms with E-state index in [-0.39, 0.29) is 12.2 Å². The minimum Gasteiger partial charge on any atom is -0.508 e. The lowest BCUT2D eigenvalue weighted by atomic mass is 10.0. The number of amides is 4. The Balaban J connectivity index is 3.14. The molecule has 0 fully saturated rings. The molecule has 1 rings (SSSR count). The zero-order chi connectivity index (χ0) is 25.3. The number of carbonyl (C=O) groups is 5. The molecule has 13 nitrogen and oxygen atoms in total. The number of nitrogens with one attached hydrogen (secondary N) is 3. The Kier molecular flexibility index (Phi) is 10.2. The highest BCUT2D eigenvalue weighted by atomic mass is 16.4. The fourth-order valence-electron chi connectivity index (χ4n) is 2.70. The van der Waals surface area contributed by atoms with E-state index in [9.17, 15) is 39.3 Å². The average Bonchev–Trinajstić information content (AvgIpc) is 2.71. The van der Waals surface area contributed by atoms with Gasteiger partial charge in [-0.2, -0.15) is 0 Å². The number of primary amides is 1. The first-order valence-electron chi connectivity index (χ1n) is 9.95. The van der Waals surface area contributed by atoms with Crippen LogP contribution in [0.4, 0.5) is 0 Å². The molecule has 0 radical (unpaired) electrons. The number of carboxylic acids is 1. The third-order valence-corrected chi connectivity index (χ3v) is 4.51. The number of aliphatic carboxylic acids is 1. The molecule has 5 atom stereocenters. The Hall–Kier alpha value is -3.71. The van der Waals surface area contributed by atoms with Crippen LogP contribution in [-0.4, -0.2) is 75.2 Å². The number of aliphatic hydroxyl groups excluding tert-OH is 1. The highest BCUT2D eigenvalue weighted by Gasteiger charge is 2.32. The summed E-state index contributed by atoms with van der Waals surface area (Å²) in [6.45, 7) is 2.62. The van der Waals surface area contributed by atoms with Gasteiger partial charge in [0.05, 0.1) is 18.6 Å². The Morgan fingerprint density at radius 3 is 1.91 bits per heavy atom. The third-order valence-electron chi connectivity index (χ3n) is 4.51. The predicted molar refractivity (Wildman–Crippen MR) is 114 cm³/mol. The molecule has 182 valence electrons. The van der Waals surface area contributed by atoms with Gasteiger partial charge in [-0.05, 0) is 31.5 Å². The fraction of sp³-hybridized carbons (Fsp3) is 0.450. The van der Waals surface area contributed by atoms with Crippen molar-refractivity contribution in [2.24, 2.45) is 11.5 Å². The normalized spacial score (nSPS) is 15.3. The summed E-state index contributed by atoms with van der Waals surface area (Å²) in [7, 11) is 0. The summed E-state index contributed by atoms with van der Waals surface area (Å²) in [4.78, 5) is 59.9. The van der Waals surface area contributed by atoms with Gasteiger partial charge in [-0.1, -0.05) is 12.1 Å². The van der Waals surface area contributed by atoms with Crippen LogP contribution in [0.5, 0.6) is 5.75 Å². The molecule has 0 heterocycles. The van der Waals surface area contributed by atoms with Crippen LogP contribution in [0.25, 0.3) is 0 Å². The molecule has 1 aromatic carbocycles. The minimum absolute atomic E-state index is 0.0380. The van der Waals surface area contributed by atoms with Gasteiger partial charge in [0.1, 0.15) is 23.9 Å². The molecule has 0 aromatic heterocycles. The second kappa shape index (κ2) is 12.4. The molecule has 0 aliphatic heterocycles. The zero-order valence-electron chi connectivity index (χ0n) is 18.1. The Morgan fingerprint density at radius 1 is 0.909 bits per heavy atom. The highest BCUT2D eigenvalue weighted by Crippen LogP contribution is 2.12. The van der Waals surface area contributed by atoms with Crippen LogP contribution in [0.1, 0.15) is 25.8 Å². The number of aliphatic hydroxyl groups is 1. The maximum atomic E-state index is 12.8. The van der Waals surface area contributed by atoms with Crippen molar-refractivity contribution < 1.29 is 39.3 Å². The van der Waals surface area contributed by atoms with E-state index in [0.29, 0.717) is 5.56 Å². The Bertz CT molecular complexity index is 872. The van der Waals surface area contributed by atoms with E-state index in [1.165, 1.54) is 38.1 Å². The van der Waals surface area contributed by atoms with Gasteiger partial charge in [0, 0.05) is 6.42 Å². The molecule has 10 N–H and O–H groups in total. The van der Waals surface area contributed by atoms with E-state index < -0.39 is 66.3 Å². The monoisotopic (exact) mass is 467 g/mol. The smallest absolute Gasteiger partial charge is 0.326 e. The van der Waals surface area contributed by atoms with Crippen LogP contribution >= 0.6 is 0 Å². The topological polar surface area (TPSA) is 234 Å². The van der Waals surface area contributed by atoms with E-state index in [1.807, 2.05) is 0 Å². The largest absolute Gasteiger partial charge is 0.508 e. The molecular weight excluding hydrogens is 438 g/mol. The number of phenols is 1. The second-order valence-corrected chi connectivity index (χ2v) is 7.52. The summed E-state index contributed by atoms with van der Waals surface area (Å²) in [6.07, 6.45) is -2.18. The first-order chi connectivity index (χ1) is 15.3. The van der Waals surface area contributed by atoms with Gasteiger partial charge >= 0.3 is 5.97 Å². The van der Waals surface area contributed by atoms with Crippen molar-refractivity contribution in [1.29, 1.82) is 0 Å². The Labute approximate surface area is 189 Å². The lowest BCUT2D eigenvalue weighted by Gasteiger charge is -2.26. The molecule has 0 bridgehead atoms. The second-order valence-electron chi connectivity index (χ2n) is 7.52. The number of carboxylic acid groups (broad SMARTS) is 1. The first kappa shape index (κ1) is 27.3. The molecule has 0 spiro atoms. The maximum Gasteiger partial charge on any atom is 0.326 e. The quantitative estimate of drug-likeness (QED) is 0.157. The first-order valence-corrected chi connectivity index (χ1v) is 9.95. The summed E-state index contributed by atoms with van der Waals surface area (Å²) < 4.78 is 0. The molecule has 0 aliphatic carbocycles. The zero-order valence-corrected chi connectivity index (χ0v) is 18.1. The van der Waals surface area contributed by atoms with Crippen molar-refractivity contribution in [3.63, 3.8) is 0 Å². The molecule has 0 aliphatic rings. The van der Waals surface area contributed by atoms with Crippen LogP contribution in [0.3, 0.4) is 0 Å². The van der Waals surface area contributed by atoms with E-state index in [2.05, 4.69) is 16.0 Å². The molecule has 5 unspecified atom stereocenters. The lowest BCUT2D eigenvalue weighted by Crippen LogP contribution is -2.60. The van der Waals surface area contributed by atoms with Crippen LogP contribution < -0.4 is 27.4 Å². The van der Waals surface area contributed by atoms with Gasteiger partial charge in [0.25, 0.3) is 0 Å². The number of nitrogens with two attached hydrogens (primary N) is 2. The number of benzene rings is 1. The number of aromatic hydroxyl groups is 1. The van der Waals surface area contributed by atoms with Gasteiger partial charge in [-0.3, -0.25) is 19.2 Å². The van der Waals surface area contributed by atoms with Gasteiger partial charge in [0.15, 0.2) is 0 Å². The van der Waals surface area contributed by atoms with Crippen molar-refractivity contribution in [2.75, 3.05) is 0 Å². The standard InChI is InChI=1S/C20H29N5O8/c1-9(21)17(29)25-16(10(2)26)19(31)23-13(7-11-3-5-12(27)6-4-11)18(30)24-14(20(32)33)8-15(22)28/h3-6,9-10,13-14,16,26-27H,7-8,21H2,1-2H3,(H2,22,28)(H,23,31)(H,24,30)(H,25,29)(H,32,33). The number of rotatable bonds is 12. The number of hydrogen-bond donors (Lipinski definition) is 8. The van der Waals surface area contributed by atoms with Crippen molar-refractivity contribution in [2.45, 2.75) is 57.0 Å². The molecule has 4 amide bonds. The van der Waals surface area contributed by atoms with Gasteiger partial charge < -0.3 is 42.7 Å². The summed E-state index contributed by atoms with van der Waals surface area (Å²) in [6, 6.07) is 0.208. The minimum atomic E-state index is -1.64. The van der Waals surface area contributed by atoms with E-state index >= 15 is 0 Å². The summed E-state index contributed by atoms with van der Waals surface area (Å²) in [5.74, 6) is -5.11. The third kappa shape index (κ3) is 9.13. The van der Waals surface area contributed by atoms with Gasteiger partial charge in [-0.25, -0.2) is 4.79 Å². The van der Waals surface area contributed by atoms with Crippen LogP contribution in [0, 0.1) is 0 Å². The van der Waals surface area contributed by atoms with E-state index in [4.69, 9.17) is 11.5 Å². The molecule has 13 heteroatoms. The molecule has 0 saturated carbocycles. The van der Waals surface area contributed by atoms with Gasteiger partial charge in [0.2, 0.25) is 23.6 Å². The predicted octanol–water partition coefficient (Wildman–Crippen LogP) is -2.92. The van der Waals surface area contributed by atoms with Gasteiger partial charge in [-0.15, -0.1) is 0 Å².